The molecular weight excluding hydrogens is 470 g/mol. The van der Waals surface area contributed by atoms with Gasteiger partial charge in [-0.05, 0) is 37.1 Å². The van der Waals surface area contributed by atoms with Gasteiger partial charge in [0, 0.05) is 24.7 Å². The third-order valence-corrected chi connectivity index (χ3v) is 5.26. The van der Waals surface area contributed by atoms with Gasteiger partial charge in [0.15, 0.2) is 12.2 Å². The quantitative estimate of drug-likeness (QED) is 0.498. The van der Waals surface area contributed by atoms with Crippen LogP contribution in [0.1, 0.15) is 24.8 Å². The van der Waals surface area contributed by atoms with Crippen molar-refractivity contribution >= 4 is 28.6 Å². The minimum atomic E-state index is -4.79. The first kappa shape index (κ1) is 23.1. The van der Waals surface area contributed by atoms with Crippen molar-refractivity contribution < 1.29 is 36.2 Å². The average molecular weight is 488 g/mol. The van der Waals surface area contributed by atoms with Crippen LogP contribution in [0.25, 0.3) is 11.1 Å². The van der Waals surface area contributed by atoms with Crippen LogP contribution < -0.4 is 20.1 Å². The Kier molecular flexibility index (Phi) is 6.61. The number of alkyl halides is 3. The summed E-state index contributed by atoms with van der Waals surface area (Å²) in [6, 6.07) is 7.17. The standard InChI is InChI=1S/C21H18ClF4N3O4/c22-14-4-2-12(7-15(14)23)31-10-19(30)28-11-1-5-17(27-9-11)20-29-16-6-3-13(8-18(16)32-20)33-21(24,25)26/h2-4,6-8,11,17,27H,1,5,9-10H2,(H,28,30)/t11-,17+/m0/s1. The third kappa shape index (κ3) is 6.05. The average Bonchev–Trinajstić information content (AvgIpc) is 3.17. The Morgan fingerprint density at radius 3 is 2.70 bits per heavy atom. The number of fused-ring (bicyclic) bond motifs is 1. The van der Waals surface area contributed by atoms with Crippen LogP contribution >= 0.6 is 11.6 Å². The van der Waals surface area contributed by atoms with E-state index in [0.717, 1.165) is 12.1 Å². The van der Waals surface area contributed by atoms with Gasteiger partial charge < -0.3 is 24.5 Å². The molecule has 0 unspecified atom stereocenters. The maximum absolute atomic E-state index is 13.4. The number of rotatable bonds is 6. The van der Waals surface area contributed by atoms with Crippen LogP contribution in [0.2, 0.25) is 5.02 Å². The zero-order chi connectivity index (χ0) is 23.6. The number of halogens is 5. The number of amides is 1. The van der Waals surface area contributed by atoms with Crippen molar-refractivity contribution in [2.45, 2.75) is 31.3 Å². The van der Waals surface area contributed by atoms with Crippen molar-refractivity contribution in [1.29, 1.82) is 0 Å². The second kappa shape index (κ2) is 9.44. The molecule has 0 bridgehead atoms. The number of piperidine rings is 1. The molecule has 0 spiro atoms. The monoisotopic (exact) mass is 487 g/mol. The lowest BCUT2D eigenvalue weighted by Gasteiger charge is -2.28. The number of hydrogen-bond donors (Lipinski definition) is 2. The van der Waals surface area contributed by atoms with Crippen molar-refractivity contribution in [2.75, 3.05) is 13.2 Å². The SMILES string of the molecule is O=C(COc1ccc(Cl)c(F)c1)N[C@H]1CC[C@H](c2nc3ccc(OC(F)(F)F)cc3o2)NC1. The summed E-state index contributed by atoms with van der Waals surface area (Å²) < 4.78 is 65.4. The predicted octanol–water partition coefficient (Wildman–Crippen LogP) is 4.51. The van der Waals surface area contributed by atoms with E-state index in [9.17, 15) is 22.4 Å². The molecule has 2 aromatic carbocycles. The molecular formula is C21H18ClF4N3O4. The van der Waals surface area contributed by atoms with Crippen LogP contribution in [-0.2, 0) is 4.79 Å². The number of benzene rings is 2. The number of oxazole rings is 1. The number of nitrogens with one attached hydrogen (secondary N) is 2. The molecule has 33 heavy (non-hydrogen) atoms. The molecule has 12 heteroatoms. The largest absolute Gasteiger partial charge is 0.573 e. The molecule has 7 nitrogen and oxygen atoms in total. The predicted molar refractivity (Wildman–Crippen MR) is 110 cm³/mol. The third-order valence-electron chi connectivity index (χ3n) is 4.95. The maximum Gasteiger partial charge on any atom is 0.573 e. The summed E-state index contributed by atoms with van der Waals surface area (Å²) in [6.07, 6.45) is -3.61. The van der Waals surface area contributed by atoms with Crippen LogP contribution in [0.4, 0.5) is 17.6 Å². The lowest BCUT2D eigenvalue weighted by Crippen LogP contribution is -2.48. The summed E-state index contributed by atoms with van der Waals surface area (Å²) in [5.41, 5.74) is 0.590. The molecule has 0 aliphatic carbocycles. The lowest BCUT2D eigenvalue weighted by molar-refractivity contribution is -0.274. The number of ether oxygens (including phenoxy) is 2. The molecule has 3 aromatic rings. The Labute approximate surface area is 190 Å². The summed E-state index contributed by atoms with van der Waals surface area (Å²) >= 11 is 5.61. The summed E-state index contributed by atoms with van der Waals surface area (Å²) in [5.74, 6) is -0.864. The number of hydrogen-bond acceptors (Lipinski definition) is 6. The molecule has 1 fully saturated rings. The van der Waals surface area contributed by atoms with Gasteiger partial charge in [0.05, 0.1) is 11.1 Å². The van der Waals surface area contributed by atoms with Gasteiger partial charge >= 0.3 is 6.36 Å². The Bertz CT molecular complexity index is 1150. The van der Waals surface area contributed by atoms with Gasteiger partial charge in [-0.1, -0.05) is 11.6 Å². The van der Waals surface area contributed by atoms with E-state index in [4.69, 9.17) is 20.8 Å². The van der Waals surface area contributed by atoms with Crippen LogP contribution in [0.3, 0.4) is 0 Å². The van der Waals surface area contributed by atoms with E-state index in [-0.39, 0.29) is 46.7 Å². The summed E-state index contributed by atoms with van der Waals surface area (Å²) in [4.78, 5) is 16.5. The summed E-state index contributed by atoms with van der Waals surface area (Å²) in [5, 5.41) is 5.99. The number of carbonyl (C=O) groups is 1. The molecule has 2 N–H and O–H groups in total. The van der Waals surface area contributed by atoms with E-state index < -0.39 is 12.2 Å². The molecule has 4 rings (SSSR count). The highest BCUT2D eigenvalue weighted by Gasteiger charge is 2.31. The fourth-order valence-corrected chi connectivity index (χ4v) is 3.56. The molecule has 2 heterocycles. The van der Waals surface area contributed by atoms with Crippen molar-refractivity contribution in [3.63, 3.8) is 0 Å². The highest BCUT2D eigenvalue weighted by Crippen LogP contribution is 2.30. The maximum atomic E-state index is 13.4. The molecule has 0 radical (unpaired) electrons. The molecule has 0 saturated carbocycles. The van der Waals surface area contributed by atoms with Gasteiger partial charge in [-0.3, -0.25) is 4.79 Å². The molecule has 1 aliphatic heterocycles. The molecule has 1 amide bonds. The fourth-order valence-electron chi connectivity index (χ4n) is 3.44. The van der Waals surface area contributed by atoms with Gasteiger partial charge in [-0.2, -0.15) is 0 Å². The van der Waals surface area contributed by atoms with Crippen molar-refractivity contribution in [3.05, 3.63) is 53.1 Å². The Morgan fingerprint density at radius 1 is 1.21 bits per heavy atom. The first-order chi connectivity index (χ1) is 15.7. The van der Waals surface area contributed by atoms with Crippen LogP contribution in [0.15, 0.2) is 40.8 Å². The van der Waals surface area contributed by atoms with Crippen LogP contribution in [-0.4, -0.2) is 36.4 Å². The normalized spacial score (nSPS) is 18.8. The lowest BCUT2D eigenvalue weighted by atomic mass is 10.0. The van der Waals surface area contributed by atoms with Crippen molar-refractivity contribution in [2.24, 2.45) is 0 Å². The highest BCUT2D eigenvalue weighted by atomic mass is 35.5. The van der Waals surface area contributed by atoms with Crippen LogP contribution in [0.5, 0.6) is 11.5 Å². The van der Waals surface area contributed by atoms with Crippen molar-refractivity contribution in [1.82, 2.24) is 15.6 Å². The minimum absolute atomic E-state index is 0.0383. The van der Waals surface area contributed by atoms with Crippen molar-refractivity contribution in [3.8, 4) is 11.5 Å². The van der Waals surface area contributed by atoms with E-state index in [1.165, 1.54) is 24.3 Å². The molecule has 1 aromatic heterocycles. The number of aromatic nitrogens is 1. The van der Waals surface area contributed by atoms with E-state index in [1.54, 1.807) is 0 Å². The second-order valence-electron chi connectivity index (χ2n) is 7.40. The van der Waals surface area contributed by atoms with E-state index in [1.807, 2.05) is 0 Å². The van der Waals surface area contributed by atoms with Gasteiger partial charge in [-0.25, -0.2) is 9.37 Å². The van der Waals surface area contributed by atoms with Gasteiger partial charge in [0.2, 0.25) is 5.89 Å². The van der Waals surface area contributed by atoms with Gasteiger partial charge in [-0.15, -0.1) is 13.2 Å². The number of nitrogens with zero attached hydrogens (tertiary/aromatic N) is 1. The summed E-state index contributed by atoms with van der Waals surface area (Å²) in [6.45, 7) is 0.140. The number of carbonyl (C=O) groups excluding carboxylic acids is 1. The Balaban J connectivity index is 1.28. The smallest absolute Gasteiger partial charge is 0.484 e. The topological polar surface area (TPSA) is 85.6 Å². The molecule has 176 valence electrons. The Morgan fingerprint density at radius 2 is 2.00 bits per heavy atom. The zero-order valence-corrected chi connectivity index (χ0v) is 17.7. The second-order valence-corrected chi connectivity index (χ2v) is 7.80. The van der Waals surface area contributed by atoms with Gasteiger partial charge in [0.1, 0.15) is 22.8 Å². The molecule has 1 aliphatic rings. The van der Waals surface area contributed by atoms with Crippen LogP contribution in [0, 0.1) is 5.82 Å². The zero-order valence-electron chi connectivity index (χ0n) is 16.9. The summed E-state index contributed by atoms with van der Waals surface area (Å²) in [7, 11) is 0. The molecule has 2 atom stereocenters. The van der Waals surface area contributed by atoms with E-state index >= 15 is 0 Å². The Hall–Kier alpha value is -3.05. The first-order valence-electron chi connectivity index (χ1n) is 9.93. The van der Waals surface area contributed by atoms with Gasteiger partial charge in [0.25, 0.3) is 5.91 Å². The molecule has 1 saturated heterocycles. The fraction of sp³-hybridized carbons (Fsp3) is 0.333. The first-order valence-corrected chi connectivity index (χ1v) is 10.3. The van der Waals surface area contributed by atoms with E-state index in [2.05, 4.69) is 20.4 Å². The minimum Gasteiger partial charge on any atom is -0.484 e. The highest BCUT2D eigenvalue weighted by molar-refractivity contribution is 6.30. The van der Waals surface area contributed by atoms with E-state index in [0.29, 0.717) is 30.8 Å².